The van der Waals surface area contributed by atoms with Crippen LogP contribution in [0.2, 0.25) is 0 Å². The Balaban J connectivity index is 1.59. The maximum atomic E-state index is 12.4. The molecule has 0 aliphatic heterocycles. The van der Waals surface area contributed by atoms with E-state index in [0.717, 1.165) is 28.9 Å². The van der Waals surface area contributed by atoms with Crippen molar-refractivity contribution in [2.24, 2.45) is 0 Å². The van der Waals surface area contributed by atoms with Gasteiger partial charge in [0, 0.05) is 18.9 Å². The standard InChI is InChI=1S/C22H26N4O2/c1-3-21(17-9-11-20(28-2)12-10-17)25-22(27)23-15-18-7-4-5-8-19(18)16-26-14-6-13-24-26/h4-14,21H,3,15-16H2,1-2H3,(H2,23,25,27). The van der Waals surface area contributed by atoms with Crippen molar-refractivity contribution in [1.82, 2.24) is 20.4 Å². The topological polar surface area (TPSA) is 68.2 Å². The maximum absolute atomic E-state index is 12.4. The molecule has 0 aliphatic rings. The molecule has 1 heterocycles. The van der Waals surface area contributed by atoms with Gasteiger partial charge >= 0.3 is 6.03 Å². The summed E-state index contributed by atoms with van der Waals surface area (Å²) in [6.45, 7) is 3.19. The second-order valence-electron chi connectivity index (χ2n) is 6.53. The molecule has 6 nitrogen and oxygen atoms in total. The molecule has 0 saturated heterocycles. The van der Waals surface area contributed by atoms with Crippen molar-refractivity contribution in [1.29, 1.82) is 0 Å². The van der Waals surface area contributed by atoms with Crippen LogP contribution < -0.4 is 15.4 Å². The number of methoxy groups -OCH3 is 1. The van der Waals surface area contributed by atoms with E-state index >= 15 is 0 Å². The fourth-order valence-corrected chi connectivity index (χ4v) is 3.09. The molecule has 0 spiro atoms. The lowest BCUT2D eigenvalue weighted by Gasteiger charge is -2.19. The lowest BCUT2D eigenvalue weighted by molar-refractivity contribution is 0.236. The lowest BCUT2D eigenvalue weighted by Crippen LogP contribution is -2.37. The fourth-order valence-electron chi connectivity index (χ4n) is 3.09. The minimum Gasteiger partial charge on any atom is -0.497 e. The van der Waals surface area contributed by atoms with E-state index in [-0.39, 0.29) is 12.1 Å². The van der Waals surface area contributed by atoms with Gasteiger partial charge < -0.3 is 15.4 Å². The van der Waals surface area contributed by atoms with Gasteiger partial charge in [0.1, 0.15) is 5.75 Å². The van der Waals surface area contributed by atoms with Gasteiger partial charge in [-0.2, -0.15) is 5.10 Å². The summed E-state index contributed by atoms with van der Waals surface area (Å²) in [4.78, 5) is 12.4. The molecule has 3 aromatic rings. The summed E-state index contributed by atoms with van der Waals surface area (Å²) in [6, 6.07) is 17.5. The predicted molar refractivity (Wildman–Crippen MR) is 109 cm³/mol. The third-order valence-corrected chi connectivity index (χ3v) is 4.68. The number of nitrogens with one attached hydrogen (secondary N) is 2. The van der Waals surface area contributed by atoms with Crippen LogP contribution in [-0.2, 0) is 13.1 Å². The highest BCUT2D eigenvalue weighted by atomic mass is 16.5. The molecule has 6 heteroatoms. The summed E-state index contributed by atoms with van der Waals surface area (Å²) in [6.07, 6.45) is 4.49. The van der Waals surface area contributed by atoms with Gasteiger partial charge in [-0.25, -0.2) is 4.79 Å². The maximum Gasteiger partial charge on any atom is 0.315 e. The van der Waals surface area contributed by atoms with Gasteiger partial charge in [0.25, 0.3) is 0 Å². The van der Waals surface area contributed by atoms with Gasteiger partial charge in [-0.3, -0.25) is 4.68 Å². The van der Waals surface area contributed by atoms with Crippen LogP contribution in [0.1, 0.15) is 36.1 Å². The number of carbonyl (C=O) groups excluding carboxylic acids is 1. The van der Waals surface area contributed by atoms with E-state index < -0.39 is 0 Å². The zero-order valence-corrected chi connectivity index (χ0v) is 16.3. The first kappa shape index (κ1) is 19.5. The summed E-state index contributed by atoms with van der Waals surface area (Å²) in [5, 5.41) is 10.3. The summed E-state index contributed by atoms with van der Waals surface area (Å²) in [5.74, 6) is 0.803. The number of hydrogen-bond acceptors (Lipinski definition) is 3. The highest BCUT2D eigenvalue weighted by Gasteiger charge is 2.13. The average Bonchev–Trinajstić information content (AvgIpc) is 3.24. The number of aromatic nitrogens is 2. The Morgan fingerprint density at radius 2 is 1.86 bits per heavy atom. The van der Waals surface area contributed by atoms with Gasteiger partial charge in [0.15, 0.2) is 0 Å². The summed E-state index contributed by atoms with van der Waals surface area (Å²) in [5.41, 5.74) is 3.26. The van der Waals surface area contributed by atoms with Crippen molar-refractivity contribution in [2.75, 3.05) is 7.11 Å². The molecule has 146 valence electrons. The monoisotopic (exact) mass is 378 g/mol. The average molecular weight is 378 g/mol. The van der Waals surface area contributed by atoms with E-state index in [1.807, 2.05) is 59.4 Å². The molecule has 0 saturated carbocycles. The number of benzene rings is 2. The molecular weight excluding hydrogens is 352 g/mol. The first-order chi connectivity index (χ1) is 13.7. The third kappa shape index (κ3) is 5.13. The number of nitrogens with zero attached hydrogens (tertiary/aromatic N) is 2. The Bertz CT molecular complexity index is 876. The normalized spacial score (nSPS) is 11.6. The Hall–Kier alpha value is -3.28. The van der Waals surface area contributed by atoms with Crippen molar-refractivity contribution in [2.45, 2.75) is 32.5 Å². The van der Waals surface area contributed by atoms with Crippen LogP contribution in [0.25, 0.3) is 0 Å². The van der Waals surface area contributed by atoms with Crippen molar-refractivity contribution in [3.05, 3.63) is 83.7 Å². The number of amides is 2. The number of rotatable bonds is 8. The summed E-state index contributed by atoms with van der Waals surface area (Å²) < 4.78 is 7.06. The highest BCUT2D eigenvalue weighted by Crippen LogP contribution is 2.20. The zero-order valence-electron chi connectivity index (χ0n) is 16.3. The zero-order chi connectivity index (χ0) is 19.8. The Labute approximate surface area is 165 Å². The molecule has 0 aliphatic carbocycles. The van der Waals surface area contributed by atoms with Crippen molar-refractivity contribution >= 4 is 6.03 Å². The SMILES string of the molecule is CCC(NC(=O)NCc1ccccc1Cn1cccn1)c1ccc(OC)cc1. The van der Waals surface area contributed by atoms with E-state index in [2.05, 4.69) is 28.7 Å². The molecule has 0 bridgehead atoms. The summed E-state index contributed by atoms with van der Waals surface area (Å²) in [7, 11) is 1.64. The fraction of sp³-hybridized carbons (Fsp3) is 0.273. The molecule has 1 aromatic heterocycles. The summed E-state index contributed by atoms with van der Waals surface area (Å²) >= 11 is 0. The largest absolute Gasteiger partial charge is 0.497 e. The van der Waals surface area contributed by atoms with Gasteiger partial charge in [-0.05, 0) is 41.3 Å². The van der Waals surface area contributed by atoms with Gasteiger partial charge in [0.05, 0.1) is 19.7 Å². The number of hydrogen-bond donors (Lipinski definition) is 2. The molecule has 2 aromatic carbocycles. The predicted octanol–water partition coefficient (Wildman–Crippen LogP) is 3.89. The number of urea groups is 1. The number of carbonyl (C=O) groups is 1. The minimum absolute atomic E-state index is 0.0507. The van der Waals surface area contributed by atoms with Crippen molar-refractivity contribution < 1.29 is 9.53 Å². The first-order valence-electron chi connectivity index (χ1n) is 9.42. The molecular formula is C22H26N4O2. The van der Waals surface area contributed by atoms with Crippen LogP contribution in [0.4, 0.5) is 4.79 Å². The van der Waals surface area contributed by atoms with E-state index in [9.17, 15) is 4.79 Å². The lowest BCUT2D eigenvalue weighted by atomic mass is 10.0. The van der Waals surface area contributed by atoms with Crippen molar-refractivity contribution in [3.8, 4) is 5.75 Å². The van der Waals surface area contributed by atoms with Crippen LogP contribution in [0.5, 0.6) is 5.75 Å². The molecule has 2 amide bonds. The van der Waals surface area contributed by atoms with Crippen LogP contribution in [0.3, 0.4) is 0 Å². The van der Waals surface area contributed by atoms with Gasteiger partial charge in [-0.1, -0.05) is 43.3 Å². The smallest absolute Gasteiger partial charge is 0.315 e. The van der Waals surface area contributed by atoms with E-state index in [0.29, 0.717) is 13.1 Å². The molecule has 0 radical (unpaired) electrons. The molecule has 3 rings (SSSR count). The van der Waals surface area contributed by atoms with Crippen molar-refractivity contribution in [3.63, 3.8) is 0 Å². The minimum atomic E-state index is -0.184. The van der Waals surface area contributed by atoms with Crippen LogP contribution >= 0.6 is 0 Å². The van der Waals surface area contributed by atoms with E-state index in [1.165, 1.54) is 0 Å². The Morgan fingerprint density at radius 3 is 2.50 bits per heavy atom. The molecule has 28 heavy (non-hydrogen) atoms. The van der Waals surface area contributed by atoms with E-state index in [1.54, 1.807) is 13.3 Å². The first-order valence-corrected chi connectivity index (χ1v) is 9.42. The molecule has 1 unspecified atom stereocenters. The van der Waals surface area contributed by atoms with Crippen LogP contribution in [-0.4, -0.2) is 22.9 Å². The third-order valence-electron chi connectivity index (χ3n) is 4.68. The molecule has 1 atom stereocenters. The highest BCUT2D eigenvalue weighted by molar-refractivity contribution is 5.74. The Kier molecular flexibility index (Phi) is 6.68. The second-order valence-corrected chi connectivity index (χ2v) is 6.53. The van der Waals surface area contributed by atoms with E-state index in [4.69, 9.17) is 4.74 Å². The number of ether oxygens (including phenoxy) is 1. The van der Waals surface area contributed by atoms with Gasteiger partial charge in [-0.15, -0.1) is 0 Å². The van der Waals surface area contributed by atoms with Crippen LogP contribution in [0.15, 0.2) is 67.0 Å². The second kappa shape index (κ2) is 9.60. The Morgan fingerprint density at radius 1 is 1.11 bits per heavy atom. The molecule has 2 N–H and O–H groups in total. The molecule has 0 fully saturated rings. The quantitative estimate of drug-likeness (QED) is 0.625. The van der Waals surface area contributed by atoms with Crippen LogP contribution in [0, 0.1) is 0 Å². The van der Waals surface area contributed by atoms with Gasteiger partial charge in [0.2, 0.25) is 0 Å².